The van der Waals surface area contributed by atoms with Crippen molar-refractivity contribution in [2.45, 2.75) is 90.0 Å². The maximum atomic E-state index is 12.2. The van der Waals surface area contributed by atoms with Gasteiger partial charge in [-0.05, 0) is 26.2 Å². The molecule has 137 valence electrons. The van der Waals surface area contributed by atoms with E-state index in [2.05, 4.69) is 32.6 Å². The van der Waals surface area contributed by atoms with Crippen LogP contribution in [-0.2, 0) is 14.3 Å². The van der Waals surface area contributed by atoms with Crippen LogP contribution in [0.2, 0.25) is 19.1 Å². The van der Waals surface area contributed by atoms with Crippen molar-refractivity contribution in [1.82, 2.24) is 0 Å². The molecule has 0 rings (SSSR count). The number of carbonyl (C=O) groups is 1. The summed E-state index contributed by atoms with van der Waals surface area (Å²) in [6.07, 6.45) is 8.15. The Morgan fingerprint density at radius 3 is 2.26 bits per heavy atom. The van der Waals surface area contributed by atoms with Crippen LogP contribution in [0.1, 0.15) is 65.2 Å². The molecule has 23 heavy (non-hydrogen) atoms. The monoisotopic (exact) mass is 361 g/mol. The predicted molar refractivity (Wildman–Crippen MR) is 104 cm³/mol. The molecule has 0 aromatic heterocycles. The van der Waals surface area contributed by atoms with Crippen LogP contribution in [0.15, 0.2) is 0 Å². The van der Waals surface area contributed by atoms with Crippen LogP contribution >= 0.6 is 12.6 Å². The van der Waals surface area contributed by atoms with Crippen LogP contribution in [0, 0.1) is 0 Å². The first-order chi connectivity index (χ1) is 11.0. The fourth-order valence-corrected chi connectivity index (χ4v) is 3.85. The third-order valence-corrected chi connectivity index (χ3v) is 5.86. The first-order valence-electron chi connectivity index (χ1n) is 9.22. The molecule has 3 nitrogen and oxygen atoms in total. The summed E-state index contributed by atoms with van der Waals surface area (Å²) >= 11 is 4.19. The van der Waals surface area contributed by atoms with E-state index in [1.165, 1.54) is 18.9 Å². The average molecular weight is 362 g/mol. The summed E-state index contributed by atoms with van der Waals surface area (Å²) in [6.45, 7) is 10.8. The van der Waals surface area contributed by atoms with E-state index in [-0.39, 0.29) is 13.9 Å². The van der Waals surface area contributed by atoms with Crippen molar-refractivity contribution < 1.29 is 14.3 Å². The molecule has 0 aliphatic heterocycles. The van der Waals surface area contributed by atoms with Crippen molar-refractivity contribution in [1.29, 1.82) is 0 Å². The molecule has 0 amide bonds. The molecular formula is C18H37O3SSi. The van der Waals surface area contributed by atoms with Gasteiger partial charge in [0.05, 0.1) is 6.61 Å². The molecule has 0 heterocycles. The van der Waals surface area contributed by atoms with Gasteiger partial charge in [-0.2, -0.15) is 0 Å². The van der Waals surface area contributed by atoms with Crippen LogP contribution in [0.5, 0.6) is 0 Å². The number of ether oxygens (including phenoxy) is 2. The molecule has 5 heteroatoms. The summed E-state index contributed by atoms with van der Waals surface area (Å²) in [4.78, 5) is 12.2. The third kappa shape index (κ3) is 11.4. The minimum Gasteiger partial charge on any atom is -0.382 e. The van der Waals surface area contributed by atoms with Gasteiger partial charge in [0.15, 0.2) is 0 Å². The predicted octanol–water partition coefficient (Wildman–Crippen LogP) is 5.13. The lowest BCUT2D eigenvalue weighted by molar-refractivity contribution is -0.138. The van der Waals surface area contributed by atoms with Crippen LogP contribution in [-0.4, -0.2) is 39.3 Å². The van der Waals surface area contributed by atoms with Gasteiger partial charge in [0.25, 0.3) is 0 Å². The van der Waals surface area contributed by atoms with Gasteiger partial charge in [-0.25, -0.2) is 0 Å². The highest BCUT2D eigenvalue weighted by Crippen LogP contribution is 2.30. The summed E-state index contributed by atoms with van der Waals surface area (Å²) in [6, 6.07) is 1.23. The highest BCUT2D eigenvalue weighted by atomic mass is 32.1. The van der Waals surface area contributed by atoms with Gasteiger partial charge in [-0.15, -0.1) is 12.6 Å². The van der Waals surface area contributed by atoms with Crippen molar-refractivity contribution in [3.63, 3.8) is 0 Å². The van der Waals surface area contributed by atoms with Crippen LogP contribution in [0.4, 0.5) is 0 Å². The maximum absolute atomic E-state index is 12.2. The van der Waals surface area contributed by atoms with E-state index >= 15 is 0 Å². The molecule has 0 fully saturated rings. The largest absolute Gasteiger partial charge is 0.382 e. The molecule has 0 saturated heterocycles. The summed E-state index contributed by atoms with van der Waals surface area (Å²) in [5, 5.41) is -0.0913. The number of hydrogen-bond donors (Lipinski definition) is 1. The molecule has 0 aliphatic rings. The Balaban J connectivity index is 4.56. The van der Waals surface area contributed by atoms with Crippen LogP contribution in [0.25, 0.3) is 0 Å². The molecule has 0 spiro atoms. The lowest BCUT2D eigenvalue weighted by atomic mass is 9.92. The van der Waals surface area contributed by atoms with Gasteiger partial charge < -0.3 is 9.47 Å². The molecule has 0 saturated carbocycles. The van der Waals surface area contributed by atoms with Crippen molar-refractivity contribution in [3.8, 4) is 0 Å². The zero-order valence-corrected chi connectivity index (χ0v) is 17.6. The van der Waals surface area contributed by atoms with E-state index < -0.39 is 5.60 Å². The first-order valence-corrected chi connectivity index (χ1v) is 12.4. The van der Waals surface area contributed by atoms with Gasteiger partial charge in [-0.3, -0.25) is 4.79 Å². The Bertz CT molecular complexity index is 300. The van der Waals surface area contributed by atoms with E-state index in [1.54, 1.807) is 0 Å². The molecule has 1 radical (unpaired) electrons. The normalized spacial score (nSPS) is 14.2. The van der Waals surface area contributed by atoms with Crippen LogP contribution < -0.4 is 0 Å². The SMILES string of the molecule is CCCCCCC(CCC[Si](C)C)(OCCCOCC)C(=O)S. The molecule has 0 aromatic carbocycles. The van der Waals surface area contributed by atoms with Crippen molar-refractivity contribution in [2.75, 3.05) is 19.8 Å². The van der Waals surface area contributed by atoms with E-state index in [0.29, 0.717) is 13.2 Å². The highest BCUT2D eigenvalue weighted by Gasteiger charge is 2.36. The molecular weight excluding hydrogens is 324 g/mol. The smallest absolute Gasteiger partial charge is 0.217 e. The zero-order chi connectivity index (χ0) is 17.6. The van der Waals surface area contributed by atoms with Gasteiger partial charge in [0, 0.05) is 22.0 Å². The van der Waals surface area contributed by atoms with Gasteiger partial charge >= 0.3 is 0 Å². The van der Waals surface area contributed by atoms with Crippen molar-refractivity contribution in [2.24, 2.45) is 0 Å². The van der Waals surface area contributed by atoms with E-state index in [0.717, 1.165) is 45.1 Å². The van der Waals surface area contributed by atoms with Crippen LogP contribution in [0.3, 0.4) is 0 Å². The zero-order valence-electron chi connectivity index (χ0n) is 15.7. The number of rotatable bonds is 16. The number of hydrogen-bond acceptors (Lipinski definition) is 3. The van der Waals surface area contributed by atoms with Gasteiger partial charge in [0.1, 0.15) is 5.60 Å². The molecule has 0 aromatic rings. The summed E-state index contributed by atoms with van der Waals surface area (Å²) < 4.78 is 11.5. The fraction of sp³-hybridized carbons (Fsp3) is 0.944. The minimum absolute atomic E-state index is 0.0913. The summed E-state index contributed by atoms with van der Waals surface area (Å²) in [5.41, 5.74) is -0.680. The molecule has 0 aliphatic carbocycles. The first kappa shape index (κ1) is 23.2. The Morgan fingerprint density at radius 1 is 1.00 bits per heavy atom. The topological polar surface area (TPSA) is 35.5 Å². The molecule has 0 N–H and O–H groups in total. The van der Waals surface area contributed by atoms with Crippen molar-refractivity contribution >= 4 is 26.5 Å². The summed E-state index contributed by atoms with van der Waals surface area (Å²) in [5.74, 6) is 0. The molecule has 0 bridgehead atoms. The molecule has 1 unspecified atom stereocenters. The third-order valence-electron chi connectivity index (χ3n) is 4.10. The van der Waals surface area contributed by atoms with Gasteiger partial charge in [0.2, 0.25) is 5.12 Å². The fourth-order valence-electron chi connectivity index (χ4n) is 2.68. The summed E-state index contributed by atoms with van der Waals surface area (Å²) in [7, 11) is -0.254. The Kier molecular flexibility index (Phi) is 14.6. The number of unbranched alkanes of at least 4 members (excludes halogenated alkanes) is 3. The van der Waals surface area contributed by atoms with Crippen molar-refractivity contribution in [3.05, 3.63) is 0 Å². The number of thiol groups is 1. The van der Waals surface area contributed by atoms with E-state index in [1.807, 2.05) is 6.92 Å². The highest BCUT2D eigenvalue weighted by molar-refractivity contribution is 7.96. The Hall–Kier alpha value is 0.157. The second-order valence-corrected chi connectivity index (χ2v) is 9.89. The average Bonchev–Trinajstić information content (AvgIpc) is 2.50. The standard InChI is InChI=1S/C18H37O3SSi/c1-5-7-8-9-12-18(17(19)22,13-10-16-23(3)4)21-15-11-14-20-6-2/h5-16H2,1-4H3,(H,19,22). The van der Waals surface area contributed by atoms with E-state index in [4.69, 9.17) is 9.47 Å². The lowest BCUT2D eigenvalue weighted by Crippen LogP contribution is -2.40. The maximum Gasteiger partial charge on any atom is 0.217 e. The number of carbonyl (C=O) groups excluding carboxylic acids is 1. The quantitative estimate of drug-likeness (QED) is 0.235. The Labute approximate surface area is 150 Å². The minimum atomic E-state index is -0.680. The van der Waals surface area contributed by atoms with Gasteiger partial charge in [-0.1, -0.05) is 58.2 Å². The van der Waals surface area contributed by atoms with E-state index in [9.17, 15) is 4.79 Å². The second kappa shape index (κ2) is 14.5. The second-order valence-electron chi connectivity index (χ2n) is 6.57. The lowest BCUT2D eigenvalue weighted by Gasteiger charge is -2.31. The Morgan fingerprint density at radius 2 is 1.70 bits per heavy atom. The molecule has 1 atom stereocenters.